The number of nitro groups is 2. The van der Waals surface area contributed by atoms with E-state index in [0.29, 0.717) is 34.9 Å². The lowest BCUT2D eigenvalue weighted by atomic mass is 10.0. The molecule has 1 aromatic heterocycles. The van der Waals surface area contributed by atoms with Crippen molar-refractivity contribution in [2.24, 2.45) is 0 Å². The molecule has 10 heteroatoms. The number of nitrogens with zero attached hydrogens (tertiary/aromatic N) is 3. The molecule has 0 saturated carbocycles. The minimum Gasteiger partial charge on any atom is -0.384 e. The summed E-state index contributed by atoms with van der Waals surface area (Å²) in [5, 5.41) is 26.0. The van der Waals surface area contributed by atoms with Crippen LogP contribution in [-0.4, -0.2) is 26.4 Å². The number of fused-ring (bicyclic) bond motifs is 1. The Morgan fingerprint density at radius 3 is 2.27 bits per heavy atom. The summed E-state index contributed by atoms with van der Waals surface area (Å²) in [6.45, 7) is 0.627. The molecule has 0 spiro atoms. The molecular weight excluding hydrogens is 490 g/mol. The predicted octanol–water partition coefficient (Wildman–Crippen LogP) is 5.88. The molecule has 5 rings (SSSR count). The van der Waals surface area contributed by atoms with Crippen LogP contribution in [0.3, 0.4) is 0 Å². The van der Waals surface area contributed by atoms with Crippen LogP contribution in [0.25, 0.3) is 22.5 Å². The number of nitro benzene ring substituents is 2. The molecule has 2 heterocycles. The Hall–Kier alpha value is -4.05. The van der Waals surface area contributed by atoms with Crippen molar-refractivity contribution >= 4 is 33.0 Å². The van der Waals surface area contributed by atoms with Gasteiger partial charge in [-0.1, -0.05) is 40.2 Å². The van der Waals surface area contributed by atoms with E-state index in [1.807, 2.05) is 18.2 Å². The van der Waals surface area contributed by atoms with Gasteiger partial charge in [0, 0.05) is 52.1 Å². The first kappa shape index (κ1) is 20.8. The van der Waals surface area contributed by atoms with E-state index in [9.17, 15) is 20.2 Å². The number of hydrogen-bond acceptors (Lipinski definition) is 6. The average Bonchev–Trinajstić information content (AvgIpc) is 3.43. The lowest BCUT2D eigenvalue weighted by molar-refractivity contribution is -0.385. The number of rotatable bonds is 5. The third kappa shape index (κ3) is 3.85. The third-order valence-electron chi connectivity index (χ3n) is 5.61. The van der Waals surface area contributed by atoms with Gasteiger partial charge in [-0.2, -0.15) is 0 Å². The van der Waals surface area contributed by atoms with Gasteiger partial charge in [0.2, 0.25) is 0 Å². The van der Waals surface area contributed by atoms with Crippen LogP contribution in [0.5, 0.6) is 0 Å². The lowest BCUT2D eigenvalue weighted by Crippen LogP contribution is -2.05. The largest absolute Gasteiger partial charge is 0.384 e. The van der Waals surface area contributed by atoms with E-state index in [4.69, 9.17) is 4.98 Å². The minimum atomic E-state index is -0.460. The van der Waals surface area contributed by atoms with E-state index in [1.165, 1.54) is 24.3 Å². The van der Waals surface area contributed by atoms with Crippen molar-refractivity contribution in [1.29, 1.82) is 0 Å². The standard InChI is InChI=1S/C23H16BrN5O4/c24-15-7-8-20-18(11-15)19(12-25-20)23-26-21(13-3-1-5-16(9-13)28(30)31)22(27-23)14-4-2-6-17(10-14)29(32)33/h1-11,19,25H,12H2,(H,26,27). The molecule has 1 aliphatic rings. The summed E-state index contributed by atoms with van der Waals surface area (Å²) < 4.78 is 0.944. The summed E-state index contributed by atoms with van der Waals surface area (Å²) in [4.78, 5) is 29.9. The highest BCUT2D eigenvalue weighted by Gasteiger charge is 2.29. The topological polar surface area (TPSA) is 127 Å². The molecular formula is C23H16BrN5O4. The number of aromatic nitrogens is 2. The summed E-state index contributed by atoms with van der Waals surface area (Å²) in [5.74, 6) is 0.588. The van der Waals surface area contributed by atoms with Gasteiger partial charge in [-0.05, 0) is 23.8 Å². The molecule has 3 aromatic carbocycles. The van der Waals surface area contributed by atoms with Crippen LogP contribution in [0.2, 0.25) is 0 Å². The van der Waals surface area contributed by atoms with Gasteiger partial charge in [0.1, 0.15) is 5.82 Å². The van der Waals surface area contributed by atoms with Crippen LogP contribution in [0.15, 0.2) is 71.2 Å². The second kappa shape index (κ2) is 8.14. The number of benzene rings is 3. The Labute approximate surface area is 195 Å². The van der Waals surface area contributed by atoms with Crippen LogP contribution in [-0.2, 0) is 0 Å². The predicted molar refractivity (Wildman–Crippen MR) is 127 cm³/mol. The van der Waals surface area contributed by atoms with Gasteiger partial charge in [0.05, 0.1) is 27.2 Å². The summed E-state index contributed by atoms with van der Waals surface area (Å²) in [6, 6.07) is 18.4. The monoisotopic (exact) mass is 505 g/mol. The molecule has 0 radical (unpaired) electrons. The maximum absolute atomic E-state index is 11.3. The van der Waals surface area contributed by atoms with Gasteiger partial charge in [0.25, 0.3) is 11.4 Å². The van der Waals surface area contributed by atoms with E-state index in [2.05, 4.69) is 26.2 Å². The zero-order chi connectivity index (χ0) is 23.1. The first-order valence-corrected chi connectivity index (χ1v) is 10.8. The molecule has 0 saturated heterocycles. The highest BCUT2D eigenvalue weighted by Crippen LogP contribution is 2.40. The Kier molecular flexibility index (Phi) is 5.14. The fourth-order valence-electron chi connectivity index (χ4n) is 4.06. The van der Waals surface area contributed by atoms with Gasteiger partial charge in [-0.25, -0.2) is 4.98 Å². The van der Waals surface area contributed by atoms with Gasteiger partial charge in [-0.3, -0.25) is 20.2 Å². The van der Waals surface area contributed by atoms with Crippen LogP contribution < -0.4 is 5.32 Å². The number of imidazole rings is 1. The van der Waals surface area contributed by atoms with Crippen molar-refractivity contribution in [3.8, 4) is 22.5 Å². The van der Waals surface area contributed by atoms with E-state index < -0.39 is 9.85 Å². The summed E-state index contributed by atoms with van der Waals surface area (Å²) in [7, 11) is 0. The molecule has 0 fully saturated rings. The van der Waals surface area contributed by atoms with Crippen molar-refractivity contribution in [2.75, 3.05) is 11.9 Å². The van der Waals surface area contributed by atoms with Gasteiger partial charge >= 0.3 is 0 Å². The van der Waals surface area contributed by atoms with Crippen LogP contribution >= 0.6 is 15.9 Å². The Bertz CT molecular complexity index is 1340. The van der Waals surface area contributed by atoms with Crippen molar-refractivity contribution in [3.63, 3.8) is 0 Å². The number of aromatic amines is 1. The highest BCUT2D eigenvalue weighted by molar-refractivity contribution is 9.10. The molecule has 1 atom stereocenters. The third-order valence-corrected chi connectivity index (χ3v) is 6.11. The number of nitrogens with one attached hydrogen (secondary N) is 2. The molecule has 2 N–H and O–H groups in total. The SMILES string of the molecule is O=[N+]([O-])c1cccc(-c2nc(C3CNc4ccc(Br)cc43)[nH]c2-c2cccc([N+](=O)[O-])c2)c1. The second-order valence-electron chi connectivity index (χ2n) is 7.63. The zero-order valence-electron chi connectivity index (χ0n) is 17.0. The van der Waals surface area contributed by atoms with E-state index >= 15 is 0 Å². The van der Waals surface area contributed by atoms with Gasteiger partial charge < -0.3 is 10.3 Å². The van der Waals surface area contributed by atoms with Crippen LogP contribution in [0.1, 0.15) is 17.3 Å². The number of non-ortho nitro benzene ring substituents is 2. The van der Waals surface area contributed by atoms with E-state index in [-0.39, 0.29) is 17.3 Å². The second-order valence-corrected chi connectivity index (χ2v) is 8.54. The number of hydrogen-bond donors (Lipinski definition) is 2. The first-order chi connectivity index (χ1) is 15.9. The van der Waals surface area contributed by atoms with E-state index in [0.717, 1.165) is 15.7 Å². The summed E-state index contributed by atoms with van der Waals surface area (Å²) in [5.41, 5.74) is 4.15. The Morgan fingerprint density at radius 2 is 1.58 bits per heavy atom. The molecule has 1 unspecified atom stereocenters. The Balaban J connectivity index is 1.69. The van der Waals surface area contributed by atoms with E-state index in [1.54, 1.807) is 24.3 Å². The lowest BCUT2D eigenvalue weighted by Gasteiger charge is -2.07. The quantitative estimate of drug-likeness (QED) is 0.257. The van der Waals surface area contributed by atoms with Gasteiger partial charge in [0.15, 0.2) is 0 Å². The summed E-state index contributed by atoms with van der Waals surface area (Å²) in [6.07, 6.45) is 0. The first-order valence-electron chi connectivity index (χ1n) is 10.0. The highest BCUT2D eigenvalue weighted by atomic mass is 79.9. The molecule has 9 nitrogen and oxygen atoms in total. The number of halogens is 1. The normalized spacial score (nSPS) is 14.5. The number of anilines is 1. The smallest absolute Gasteiger partial charge is 0.270 e. The minimum absolute atomic E-state index is 0.0505. The van der Waals surface area contributed by atoms with Crippen LogP contribution in [0.4, 0.5) is 17.1 Å². The molecule has 164 valence electrons. The molecule has 33 heavy (non-hydrogen) atoms. The average molecular weight is 506 g/mol. The molecule has 0 amide bonds. The summed E-state index contributed by atoms with van der Waals surface area (Å²) >= 11 is 3.51. The Morgan fingerprint density at radius 1 is 0.909 bits per heavy atom. The van der Waals surface area contributed by atoms with Crippen molar-refractivity contribution in [1.82, 2.24) is 9.97 Å². The van der Waals surface area contributed by atoms with Crippen molar-refractivity contribution in [2.45, 2.75) is 5.92 Å². The molecule has 0 bridgehead atoms. The molecule has 4 aromatic rings. The maximum Gasteiger partial charge on any atom is 0.270 e. The van der Waals surface area contributed by atoms with Crippen molar-refractivity contribution < 1.29 is 9.85 Å². The van der Waals surface area contributed by atoms with Crippen LogP contribution in [0, 0.1) is 20.2 Å². The molecule has 1 aliphatic heterocycles. The maximum atomic E-state index is 11.3. The van der Waals surface area contributed by atoms with Crippen molar-refractivity contribution in [3.05, 3.63) is 103 Å². The molecule has 0 aliphatic carbocycles. The zero-order valence-corrected chi connectivity index (χ0v) is 18.6. The fraction of sp³-hybridized carbons (Fsp3) is 0.0870. The fourth-order valence-corrected chi connectivity index (χ4v) is 4.44. The number of H-pyrrole nitrogens is 1. The van der Waals surface area contributed by atoms with Gasteiger partial charge in [-0.15, -0.1) is 0 Å².